The average molecular weight is 296 g/mol. The highest BCUT2D eigenvalue weighted by atomic mass is 35.5. The minimum atomic E-state index is -3.00. The van der Waals surface area contributed by atoms with Crippen LogP contribution in [0.5, 0.6) is 0 Å². The molecule has 1 rings (SSSR count). The Kier molecular flexibility index (Phi) is 5.94. The van der Waals surface area contributed by atoms with Crippen LogP contribution in [0.3, 0.4) is 0 Å². The van der Waals surface area contributed by atoms with Crippen molar-refractivity contribution in [3.05, 3.63) is 0 Å². The molecule has 5 heteroatoms. The zero-order chi connectivity index (χ0) is 13.8. The van der Waals surface area contributed by atoms with E-state index < -0.39 is 14.6 Å². The fraction of sp³-hybridized carbons (Fsp3) is 1.00. The Bertz CT molecular complexity index is 348. The summed E-state index contributed by atoms with van der Waals surface area (Å²) in [6, 6.07) is 0.541. The van der Waals surface area contributed by atoms with Crippen LogP contribution in [0.15, 0.2) is 0 Å². The maximum absolute atomic E-state index is 12.1. The largest absolute Gasteiger partial charge is 0.299 e. The van der Waals surface area contributed by atoms with Crippen LogP contribution in [0, 0.1) is 0 Å². The van der Waals surface area contributed by atoms with E-state index in [0.717, 1.165) is 19.4 Å². The normalized spacial score (nSPS) is 22.6. The van der Waals surface area contributed by atoms with Gasteiger partial charge in [-0.2, -0.15) is 0 Å². The smallest absolute Gasteiger partial charge is 0.156 e. The second kappa shape index (κ2) is 6.58. The fourth-order valence-corrected chi connectivity index (χ4v) is 3.61. The van der Waals surface area contributed by atoms with Gasteiger partial charge in [-0.1, -0.05) is 0 Å². The van der Waals surface area contributed by atoms with Gasteiger partial charge in [0.05, 0.1) is 10.5 Å². The van der Waals surface area contributed by atoms with Crippen molar-refractivity contribution in [2.75, 3.05) is 24.7 Å². The topological polar surface area (TPSA) is 37.4 Å². The Balaban J connectivity index is 2.48. The number of likely N-dealkylation sites (tertiary alicyclic amines) is 1. The molecule has 0 aromatic heterocycles. The first-order valence-corrected chi connectivity index (χ1v) is 8.99. The van der Waals surface area contributed by atoms with E-state index in [4.69, 9.17) is 11.6 Å². The molecule has 0 amide bonds. The first-order chi connectivity index (χ1) is 8.28. The number of halogens is 1. The van der Waals surface area contributed by atoms with Crippen LogP contribution in [0.2, 0.25) is 0 Å². The maximum atomic E-state index is 12.1. The quantitative estimate of drug-likeness (QED) is 0.707. The molecule has 0 radical (unpaired) electrons. The van der Waals surface area contributed by atoms with Gasteiger partial charge in [0.2, 0.25) is 0 Å². The van der Waals surface area contributed by atoms with Gasteiger partial charge in [-0.3, -0.25) is 4.90 Å². The highest BCUT2D eigenvalue weighted by Gasteiger charge is 2.31. The summed E-state index contributed by atoms with van der Waals surface area (Å²) in [6.07, 6.45) is 4.49. The van der Waals surface area contributed by atoms with Gasteiger partial charge in [0.1, 0.15) is 0 Å². The summed E-state index contributed by atoms with van der Waals surface area (Å²) in [4.78, 5) is 2.33. The van der Waals surface area contributed by atoms with Crippen molar-refractivity contribution < 1.29 is 8.42 Å². The van der Waals surface area contributed by atoms with Gasteiger partial charge in [0, 0.05) is 18.5 Å². The number of rotatable bonds is 6. The summed E-state index contributed by atoms with van der Waals surface area (Å²) >= 11 is 5.72. The Labute approximate surface area is 117 Å². The van der Waals surface area contributed by atoms with E-state index >= 15 is 0 Å². The average Bonchev–Trinajstić information content (AvgIpc) is 2.69. The van der Waals surface area contributed by atoms with Crippen LogP contribution in [0.1, 0.15) is 46.5 Å². The summed E-state index contributed by atoms with van der Waals surface area (Å²) in [5, 5.41) is 0. The number of sulfone groups is 1. The van der Waals surface area contributed by atoms with E-state index in [1.807, 2.05) is 0 Å². The zero-order valence-corrected chi connectivity index (χ0v) is 13.4. The molecule has 108 valence electrons. The van der Waals surface area contributed by atoms with Crippen LogP contribution in [0.4, 0.5) is 0 Å². The summed E-state index contributed by atoms with van der Waals surface area (Å²) in [6.45, 7) is 7.03. The highest BCUT2D eigenvalue weighted by Crippen LogP contribution is 2.23. The van der Waals surface area contributed by atoms with Crippen molar-refractivity contribution >= 4 is 21.4 Å². The summed E-state index contributed by atoms with van der Waals surface area (Å²) in [5.74, 6) is 0.971. The Morgan fingerprint density at radius 1 is 1.33 bits per heavy atom. The first kappa shape index (κ1) is 16.3. The maximum Gasteiger partial charge on any atom is 0.156 e. The molecule has 0 bridgehead atoms. The molecule has 0 saturated carbocycles. The lowest BCUT2D eigenvalue weighted by atomic mass is 10.1. The number of alkyl halides is 1. The fourth-order valence-electron chi connectivity index (χ4n) is 2.37. The van der Waals surface area contributed by atoms with E-state index in [1.54, 1.807) is 20.8 Å². The van der Waals surface area contributed by atoms with Gasteiger partial charge in [0.25, 0.3) is 0 Å². The highest BCUT2D eigenvalue weighted by molar-refractivity contribution is 7.92. The molecule has 3 nitrogen and oxygen atoms in total. The number of hydrogen-bond donors (Lipinski definition) is 0. The van der Waals surface area contributed by atoms with Crippen molar-refractivity contribution in [2.24, 2.45) is 0 Å². The second-order valence-corrected chi connectivity index (χ2v) is 9.33. The Morgan fingerprint density at radius 3 is 2.56 bits per heavy atom. The summed E-state index contributed by atoms with van der Waals surface area (Å²) in [5.41, 5.74) is 0. The molecule has 1 saturated heterocycles. The molecule has 1 aliphatic heterocycles. The van der Waals surface area contributed by atoms with Gasteiger partial charge >= 0.3 is 0 Å². The summed E-state index contributed by atoms with van der Waals surface area (Å²) < 4.78 is 23.5. The SMILES string of the molecule is CC(C)(C)S(=O)(=O)CCN1CCCC1CCCCl. The molecule has 0 aromatic carbocycles. The molecule has 0 spiro atoms. The van der Waals surface area contributed by atoms with Crippen molar-refractivity contribution in [2.45, 2.75) is 57.2 Å². The Hall–Kier alpha value is 0.200. The lowest BCUT2D eigenvalue weighted by Crippen LogP contribution is -2.38. The molecule has 1 aliphatic rings. The van der Waals surface area contributed by atoms with Crippen molar-refractivity contribution in [3.8, 4) is 0 Å². The molecule has 1 unspecified atom stereocenters. The van der Waals surface area contributed by atoms with Crippen molar-refractivity contribution in [3.63, 3.8) is 0 Å². The zero-order valence-electron chi connectivity index (χ0n) is 11.8. The van der Waals surface area contributed by atoms with Crippen LogP contribution in [0.25, 0.3) is 0 Å². The van der Waals surface area contributed by atoms with E-state index in [9.17, 15) is 8.42 Å². The Morgan fingerprint density at radius 2 is 2.00 bits per heavy atom. The van der Waals surface area contributed by atoms with E-state index in [0.29, 0.717) is 18.5 Å². The van der Waals surface area contributed by atoms with Gasteiger partial charge in [-0.05, 0) is 53.0 Å². The number of hydrogen-bond acceptors (Lipinski definition) is 3. The van der Waals surface area contributed by atoms with E-state index in [2.05, 4.69) is 4.90 Å². The van der Waals surface area contributed by atoms with Crippen LogP contribution in [-0.2, 0) is 9.84 Å². The third-order valence-electron chi connectivity index (χ3n) is 3.75. The summed E-state index contributed by atoms with van der Waals surface area (Å²) in [7, 11) is -3.00. The molecular weight excluding hydrogens is 270 g/mol. The first-order valence-electron chi connectivity index (χ1n) is 6.80. The third-order valence-corrected chi connectivity index (χ3v) is 6.60. The molecular formula is C13H26ClNO2S. The van der Waals surface area contributed by atoms with Crippen molar-refractivity contribution in [1.82, 2.24) is 4.90 Å². The van der Waals surface area contributed by atoms with Gasteiger partial charge < -0.3 is 0 Å². The van der Waals surface area contributed by atoms with Gasteiger partial charge in [0.15, 0.2) is 9.84 Å². The minimum absolute atomic E-state index is 0.272. The third kappa shape index (κ3) is 4.39. The van der Waals surface area contributed by atoms with Crippen LogP contribution >= 0.6 is 11.6 Å². The van der Waals surface area contributed by atoms with E-state index in [1.165, 1.54) is 12.8 Å². The minimum Gasteiger partial charge on any atom is -0.299 e. The predicted octanol–water partition coefficient (Wildman–Crippen LogP) is 2.68. The van der Waals surface area contributed by atoms with Gasteiger partial charge in [-0.15, -0.1) is 11.6 Å². The predicted molar refractivity (Wildman–Crippen MR) is 78.1 cm³/mol. The molecule has 1 fully saturated rings. The monoisotopic (exact) mass is 295 g/mol. The molecule has 0 aromatic rings. The van der Waals surface area contributed by atoms with Crippen molar-refractivity contribution in [1.29, 1.82) is 0 Å². The van der Waals surface area contributed by atoms with E-state index in [-0.39, 0.29) is 5.75 Å². The standard InChI is InChI=1S/C13H26ClNO2S/c1-13(2,3)18(16,17)11-10-15-9-5-7-12(15)6-4-8-14/h12H,4-11H2,1-3H3. The van der Waals surface area contributed by atoms with Crippen LogP contribution < -0.4 is 0 Å². The van der Waals surface area contributed by atoms with Crippen LogP contribution in [-0.4, -0.2) is 48.8 Å². The second-order valence-electron chi connectivity index (χ2n) is 6.09. The molecule has 0 aliphatic carbocycles. The number of nitrogens with zero attached hydrogens (tertiary/aromatic N) is 1. The molecule has 0 N–H and O–H groups in total. The van der Waals surface area contributed by atoms with Gasteiger partial charge in [-0.25, -0.2) is 8.42 Å². The lowest BCUT2D eigenvalue weighted by Gasteiger charge is -2.26. The molecule has 18 heavy (non-hydrogen) atoms. The molecule has 1 heterocycles. The lowest BCUT2D eigenvalue weighted by molar-refractivity contribution is 0.255. The molecule has 1 atom stereocenters.